The van der Waals surface area contributed by atoms with Crippen LogP contribution >= 0.6 is 15.9 Å². The number of aromatic hydroxyl groups is 1. The van der Waals surface area contributed by atoms with Crippen LogP contribution in [0.1, 0.15) is 137 Å². The predicted octanol–water partition coefficient (Wildman–Crippen LogP) is 15.2. The molecule has 532 valence electrons. The van der Waals surface area contributed by atoms with Gasteiger partial charge >= 0.3 is 0 Å². The number of hydrogen-bond donors (Lipinski definition) is 1. The minimum Gasteiger partial charge on any atom is -0.503 e. The zero-order chi connectivity index (χ0) is 71.8. The fourth-order valence-corrected chi connectivity index (χ4v) is 14.9. The molecule has 15 rings (SSSR count). The molecule has 1 N–H and O–H groups in total. The van der Waals surface area contributed by atoms with E-state index in [1.165, 1.54) is 28.3 Å². The number of hydrogen-bond acceptors (Lipinski definition) is 11. The van der Waals surface area contributed by atoms with Crippen molar-refractivity contribution in [1.29, 1.82) is 0 Å². The second-order valence-electron chi connectivity index (χ2n) is 26.4. The second kappa shape index (κ2) is 32.3. The van der Waals surface area contributed by atoms with Crippen molar-refractivity contribution in [3.8, 4) is 51.8 Å². The first-order valence-corrected chi connectivity index (χ1v) is 35.7. The van der Waals surface area contributed by atoms with Crippen LogP contribution < -0.4 is 25.8 Å². The summed E-state index contributed by atoms with van der Waals surface area (Å²) in [5.74, 6) is 1.68. The lowest BCUT2D eigenvalue weighted by molar-refractivity contribution is 0.0808. The maximum absolute atomic E-state index is 13.1. The van der Waals surface area contributed by atoms with E-state index in [-0.39, 0.29) is 77.5 Å². The van der Waals surface area contributed by atoms with Crippen LogP contribution in [0.15, 0.2) is 256 Å². The Bertz CT molecular complexity index is 5010. The molecule has 0 radical (unpaired) electrons. The molecule has 6 aromatic carbocycles. The van der Waals surface area contributed by atoms with Crippen molar-refractivity contribution in [1.82, 2.24) is 52.2 Å². The Balaban J connectivity index is 0.000000146. The van der Waals surface area contributed by atoms with Crippen LogP contribution in [0.3, 0.4) is 0 Å². The predicted molar refractivity (Wildman–Crippen MR) is 410 cm³/mol. The SMILES string of the molecule is C.CCCCOc1c2n(ccc1=O)[C@@H](C(c1ccccc1)c1ccccc1)Cn1c(Br)cnc1-2.CCCCOc1c2n(ccc1=O)[C@@H](C(c1ccccc1)c1ccccc1)Cn1c(C(=O)N(C)C)cnc1-2.CN(C)C(=O)c1cnc2n1C[C@H](C(c1ccccc1)c1ccccc1)n1ccc(=O)c(O)c1-2. The number of amides is 2. The van der Waals surface area contributed by atoms with Gasteiger partial charge in [0.2, 0.25) is 16.3 Å². The third-order valence-corrected chi connectivity index (χ3v) is 20.1. The molecule has 6 aromatic heterocycles. The van der Waals surface area contributed by atoms with Gasteiger partial charge in [0.25, 0.3) is 11.8 Å². The summed E-state index contributed by atoms with van der Waals surface area (Å²) in [7, 11) is 6.85. The fraction of sp³-hybridized carbons (Fsp3) is 0.262. The number of pyridine rings is 3. The highest BCUT2D eigenvalue weighted by Crippen LogP contribution is 2.48. The summed E-state index contributed by atoms with van der Waals surface area (Å²) in [6, 6.07) is 66.4. The van der Waals surface area contributed by atoms with Crippen LogP contribution in [0, 0.1) is 0 Å². The zero-order valence-corrected chi connectivity index (χ0v) is 60.0. The summed E-state index contributed by atoms with van der Waals surface area (Å²) in [6.45, 7) is 6.84. The Kier molecular flexibility index (Phi) is 22.5. The number of fused-ring (bicyclic) bond motifs is 9. The van der Waals surface area contributed by atoms with Crippen molar-refractivity contribution >= 4 is 27.7 Å². The molecule has 0 spiro atoms. The zero-order valence-electron chi connectivity index (χ0n) is 58.4. The van der Waals surface area contributed by atoms with Gasteiger partial charge < -0.3 is 51.8 Å². The molecule has 3 aliphatic rings. The van der Waals surface area contributed by atoms with Crippen molar-refractivity contribution < 1.29 is 24.2 Å². The molecule has 0 unspecified atom stereocenters. The van der Waals surface area contributed by atoms with Gasteiger partial charge in [-0.05, 0) is 62.2 Å². The molecule has 12 aromatic rings. The molecule has 0 aliphatic carbocycles. The number of benzene rings is 6. The van der Waals surface area contributed by atoms with Gasteiger partial charge in [-0.25, -0.2) is 15.0 Å². The first-order valence-electron chi connectivity index (χ1n) is 34.9. The van der Waals surface area contributed by atoms with Crippen LogP contribution in [0.25, 0.3) is 34.6 Å². The molecule has 3 aliphatic heterocycles. The second-order valence-corrected chi connectivity index (χ2v) is 27.2. The van der Waals surface area contributed by atoms with E-state index in [9.17, 15) is 29.1 Å². The third kappa shape index (κ3) is 14.4. The first-order chi connectivity index (χ1) is 50.2. The minimum atomic E-state index is -0.479. The monoisotopic (exact) mass is 1460 g/mol. The number of unbranched alkanes of at least 4 members (excludes halogenated alkanes) is 2. The van der Waals surface area contributed by atoms with Gasteiger partial charge in [0.05, 0.1) is 49.9 Å². The number of rotatable bonds is 19. The van der Waals surface area contributed by atoms with E-state index in [0.717, 1.165) is 64.1 Å². The van der Waals surface area contributed by atoms with Crippen LogP contribution in [0.5, 0.6) is 17.2 Å². The molecule has 0 bridgehead atoms. The summed E-state index contributed by atoms with van der Waals surface area (Å²) >= 11 is 3.67. The standard InChI is InChI=1S/C30H32N4O3.C27H26BrN3O2.C26H24N4O3.CH4/c1-4-5-18-37-28-25(35)16-17-33-24(20-34-23(30(36)32(2)3)19-31-29(34)27(28)33)26(21-12-8-6-9-13-21)22-14-10-7-11-15-22;1-2-3-16-33-26-22(32)14-15-30-21(18-31-23(28)17-29-27(31)25(26)30)24(19-10-6-4-7-11-19)20-12-8-5-9-13-20;1-28(2)26(33)19-15-27-25-23-24(32)21(31)13-14-29(23)20(16-30(19)25)22(17-9-5-3-6-10-17)18-11-7-4-8-12-18;/h6-17,19,24,26H,4-5,18,20H2,1-3H3;4-15,17,21,24H,2-3,16,18H2,1H3;3-15,20,22,32H,16H2,1-2H3;1H4/t24-;21-;20-;/m111./s1. The summed E-state index contributed by atoms with van der Waals surface area (Å²) in [5.41, 5.74) is 8.79. The average molecular weight is 1460 g/mol. The van der Waals surface area contributed by atoms with Crippen molar-refractivity contribution in [2.75, 3.05) is 41.4 Å². The van der Waals surface area contributed by atoms with E-state index in [0.29, 0.717) is 73.0 Å². The van der Waals surface area contributed by atoms with E-state index >= 15 is 0 Å². The summed E-state index contributed by atoms with van der Waals surface area (Å²) in [6.07, 6.45) is 14.1. The van der Waals surface area contributed by atoms with E-state index in [1.807, 2.05) is 111 Å². The Labute approximate surface area is 613 Å². The van der Waals surface area contributed by atoms with Crippen molar-refractivity contribution in [2.45, 2.75) is 102 Å². The maximum atomic E-state index is 13.1. The first kappa shape index (κ1) is 72.4. The Morgan fingerprint density at radius 3 is 1.06 bits per heavy atom. The number of aromatic nitrogens is 9. The number of carbonyl (C=O) groups is 2. The molecule has 9 heterocycles. The van der Waals surface area contributed by atoms with E-state index in [4.69, 9.17) is 9.47 Å². The van der Waals surface area contributed by atoms with Gasteiger partial charge in [0.1, 0.15) is 33.1 Å². The van der Waals surface area contributed by atoms with Gasteiger partial charge in [0, 0.05) is 102 Å². The average Bonchev–Trinajstić information content (AvgIpc) is 1.45. The minimum absolute atomic E-state index is 0. The normalized spacial score (nSPS) is 14.3. The van der Waals surface area contributed by atoms with Crippen LogP contribution in [-0.2, 0) is 19.6 Å². The van der Waals surface area contributed by atoms with Gasteiger partial charge in [-0.3, -0.25) is 24.0 Å². The quantitative estimate of drug-likeness (QED) is 0.0756. The number of halogens is 1. The van der Waals surface area contributed by atoms with Crippen molar-refractivity contribution in [3.05, 3.63) is 317 Å². The van der Waals surface area contributed by atoms with Gasteiger partial charge in [-0.2, -0.15) is 0 Å². The Morgan fingerprint density at radius 1 is 0.442 bits per heavy atom. The van der Waals surface area contributed by atoms with E-state index in [2.05, 4.69) is 155 Å². The smallest absolute Gasteiger partial charge is 0.271 e. The third-order valence-electron chi connectivity index (χ3n) is 19.4. The maximum Gasteiger partial charge on any atom is 0.271 e. The van der Waals surface area contributed by atoms with Gasteiger partial charge in [-0.15, -0.1) is 0 Å². The Hall–Kier alpha value is -11.4. The largest absolute Gasteiger partial charge is 0.503 e. The Morgan fingerprint density at radius 2 is 0.731 bits per heavy atom. The highest BCUT2D eigenvalue weighted by Gasteiger charge is 2.40. The van der Waals surface area contributed by atoms with E-state index < -0.39 is 5.43 Å². The molecule has 19 nitrogen and oxygen atoms in total. The molecular weight excluding hydrogens is 1370 g/mol. The highest BCUT2D eigenvalue weighted by molar-refractivity contribution is 9.10. The molecular formula is C84H86BrN11O8. The van der Waals surface area contributed by atoms with Crippen LogP contribution in [-0.4, -0.2) is 110 Å². The number of ether oxygens (including phenoxy) is 2. The van der Waals surface area contributed by atoms with Crippen LogP contribution in [0.2, 0.25) is 0 Å². The number of imidazole rings is 3. The summed E-state index contributed by atoms with van der Waals surface area (Å²) in [4.78, 5) is 81.2. The lowest BCUT2D eigenvalue weighted by Crippen LogP contribution is -2.34. The fourth-order valence-electron chi connectivity index (χ4n) is 14.5. The summed E-state index contributed by atoms with van der Waals surface area (Å²) in [5, 5.41) is 10.8. The molecule has 2 amide bonds. The molecule has 104 heavy (non-hydrogen) atoms. The molecule has 20 heteroatoms. The van der Waals surface area contributed by atoms with Gasteiger partial charge in [-0.1, -0.05) is 216 Å². The number of carbonyl (C=O) groups excluding carboxylic acids is 2. The highest BCUT2D eigenvalue weighted by atomic mass is 79.9. The number of nitrogens with zero attached hydrogens (tertiary/aromatic N) is 11. The topological polar surface area (TPSA) is 199 Å². The molecule has 0 saturated heterocycles. The van der Waals surface area contributed by atoms with E-state index in [1.54, 1.807) is 63.8 Å². The van der Waals surface area contributed by atoms with Crippen molar-refractivity contribution in [3.63, 3.8) is 0 Å². The molecule has 0 saturated carbocycles. The lowest BCUT2D eigenvalue weighted by atomic mass is 9.83. The van der Waals surface area contributed by atoms with Crippen molar-refractivity contribution in [2.24, 2.45) is 0 Å². The molecule has 3 atom stereocenters. The molecule has 0 fully saturated rings. The summed E-state index contributed by atoms with van der Waals surface area (Å²) < 4.78 is 25.2. The van der Waals surface area contributed by atoms with Crippen LogP contribution in [0.4, 0.5) is 0 Å². The lowest BCUT2D eigenvalue weighted by Gasteiger charge is -2.37. The van der Waals surface area contributed by atoms with Gasteiger partial charge in [0.15, 0.2) is 34.7 Å².